The summed E-state index contributed by atoms with van der Waals surface area (Å²) in [6, 6.07) is 36.1. The van der Waals surface area contributed by atoms with E-state index in [1.54, 1.807) is 0 Å². The molecule has 0 amide bonds. The standard InChI is InChI=1S/C35H27.2ClH.Zr/c1-21-14-16-27-25(18-21)20-33-30(27)17-15-22(2)34(33)35-23(3)19-32-29(12-7-13-31(32)35)28-11-6-9-24-8-4-5-10-26(24)28;;;/h4-20,35H,1-3H3;2*1H;/q-1;;;+3/p-2. The third-order valence-corrected chi connectivity index (χ3v) is 7.95. The molecule has 0 saturated carbocycles. The fourth-order valence-electron chi connectivity index (χ4n) is 6.35. The van der Waals surface area contributed by atoms with Gasteiger partial charge in [-0.3, -0.25) is 0 Å². The van der Waals surface area contributed by atoms with Gasteiger partial charge in [0, 0.05) is 5.92 Å². The van der Waals surface area contributed by atoms with Crippen LogP contribution < -0.4 is 24.8 Å². The number of allylic oxidation sites excluding steroid dienone is 1. The van der Waals surface area contributed by atoms with E-state index in [0.29, 0.717) is 0 Å². The first-order valence-corrected chi connectivity index (χ1v) is 12.5. The molecule has 0 bridgehead atoms. The molecule has 0 N–H and O–H groups in total. The van der Waals surface area contributed by atoms with Crippen LogP contribution >= 0.6 is 0 Å². The van der Waals surface area contributed by atoms with E-state index in [4.69, 9.17) is 0 Å². The van der Waals surface area contributed by atoms with Crippen LogP contribution in [0, 0.1) is 13.8 Å². The number of halogens is 2. The van der Waals surface area contributed by atoms with Gasteiger partial charge in [0.15, 0.2) is 0 Å². The Balaban J connectivity index is 0.00000112. The van der Waals surface area contributed by atoms with Gasteiger partial charge in [0.05, 0.1) is 0 Å². The zero-order valence-corrected chi connectivity index (χ0v) is 25.6. The van der Waals surface area contributed by atoms with Crippen LogP contribution in [0.4, 0.5) is 0 Å². The van der Waals surface area contributed by atoms with Crippen molar-refractivity contribution in [3.8, 4) is 11.1 Å². The van der Waals surface area contributed by atoms with Gasteiger partial charge in [-0.2, -0.15) is 0 Å². The molecule has 0 aliphatic heterocycles. The van der Waals surface area contributed by atoms with Crippen LogP contribution in [0.2, 0.25) is 0 Å². The van der Waals surface area contributed by atoms with Crippen molar-refractivity contribution >= 4 is 38.4 Å². The molecule has 0 heterocycles. The predicted molar refractivity (Wildman–Crippen MR) is 151 cm³/mol. The third-order valence-electron chi connectivity index (χ3n) is 7.95. The molecular weight excluding hydrogens is 583 g/mol. The molecule has 0 saturated heterocycles. The number of fused-ring (bicyclic) bond motifs is 5. The molecule has 0 spiro atoms. The number of rotatable bonds is 2. The van der Waals surface area contributed by atoms with E-state index in [1.165, 1.54) is 76.8 Å². The summed E-state index contributed by atoms with van der Waals surface area (Å²) in [6.07, 6.45) is 2.43. The Kier molecular flexibility index (Phi) is 8.16. The summed E-state index contributed by atoms with van der Waals surface area (Å²) < 4.78 is 0. The van der Waals surface area contributed by atoms with Gasteiger partial charge in [0.1, 0.15) is 0 Å². The van der Waals surface area contributed by atoms with Gasteiger partial charge in [-0.15, -0.1) is 33.7 Å². The van der Waals surface area contributed by atoms with Crippen LogP contribution in [0.5, 0.6) is 0 Å². The first kappa shape index (κ1) is 28.4. The molecule has 6 aromatic carbocycles. The van der Waals surface area contributed by atoms with E-state index >= 15 is 0 Å². The molecule has 38 heavy (non-hydrogen) atoms. The summed E-state index contributed by atoms with van der Waals surface area (Å²) in [5.41, 5.74) is 11.0. The van der Waals surface area contributed by atoms with Gasteiger partial charge >= 0.3 is 26.2 Å². The zero-order valence-electron chi connectivity index (χ0n) is 21.6. The smallest absolute Gasteiger partial charge is 1.00 e. The largest absolute Gasteiger partial charge is 3.00 e. The molecule has 0 fully saturated rings. The molecule has 1 aliphatic rings. The monoisotopic (exact) mass is 607 g/mol. The average Bonchev–Trinajstić information content (AvgIpc) is 3.40. The average molecular weight is 610 g/mol. The van der Waals surface area contributed by atoms with Crippen LogP contribution in [0.1, 0.15) is 40.7 Å². The summed E-state index contributed by atoms with van der Waals surface area (Å²) in [7, 11) is 0. The van der Waals surface area contributed by atoms with Gasteiger partial charge in [0.25, 0.3) is 0 Å². The van der Waals surface area contributed by atoms with Crippen LogP contribution in [0.3, 0.4) is 0 Å². The Bertz CT molecular complexity index is 1840. The maximum atomic E-state index is 2.43. The Morgan fingerprint density at radius 2 is 1.37 bits per heavy atom. The van der Waals surface area contributed by atoms with Crippen LogP contribution in [0.25, 0.3) is 49.5 Å². The number of benzene rings is 5. The van der Waals surface area contributed by atoms with Gasteiger partial charge in [0.2, 0.25) is 0 Å². The number of aryl methyl sites for hydroxylation is 2. The van der Waals surface area contributed by atoms with Gasteiger partial charge < -0.3 is 24.8 Å². The van der Waals surface area contributed by atoms with Crippen LogP contribution in [-0.2, 0) is 26.2 Å². The van der Waals surface area contributed by atoms with Crippen molar-refractivity contribution in [3.63, 3.8) is 0 Å². The molecular formula is C35H27Cl2Zr. The Morgan fingerprint density at radius 1 is 0.658 bits per heavy atom. The minimum atomic E-state index is 0. The molecule has 3 heteroatoms. The minimum Gasteiger partial charge on any atom is -1.00 e. The van der Waals surface area contributed by atoms with E-state index < -0.39 is 0 Å². The van der Waals surface area contributed by atoms with Crippen LogP contribution in [-0.4, -0.2) is 0 Å². The normalized spacial score (nSPS) is 14.0. The summed E-state index contributed by atoms with van der Waals surface area (Å²) in [5.74, 6) is 0.279. The van der Waals surface area contributed by atoms with E-state index in [9.17, 15) is 0 Å². The third kappa shape index (κ3) is 4.30. The first-order chi connectivity index (χ1) is 17.1. The van der Waals surface area contributed by atoms with Gasteiger partial charge in [-0.1, -0.05) is 113 Å². The summed E-state index contributed by atoms with van der Waals surface area (Å²) >= 11 is 0. The summed E-state index contributed by atoms with van der Waals surface area (Å²) in [6.45, 7) is 6.76. The molecule has 185 valence electrons. The predicted octanol–water partition coefficient (Wildman–Crippen LogP) is 3.70. The molecule has 7 rings (SSSR count). The quantitative estimate of drug-likeness (QED) is 0.263. The Morgan fingerprint density at radius 3 is 2.21 bits per heavy atom. The molecule has 6 aromatic rings. The van der Waals surface area contributed by atoms with E-state index in [0.717, 1.165) is 0 Å². The van der Waals surface area contributed by atoms with Crippen molar-refractivity contribution < 1.29 is 51.0 Å². The molecule has 1 aliphatic carbocycles. The number of hydrogen-bond acceptors (Lipinski definition) is 0. The Hall–Kier alpha value is -2.57. The van der Waals surface area contributed by atoms with Crippen molar-refractivity contribution in [2.75, 3.05) is 0 Å². The second-order valence-electron chi connectivity index (χ2n) is 10.1. The van der Waals surface area contributed by atoms with E-state index in [2.05, 4.69) is 124 Å². The molecule has 0 aromatic heterocycles. The van der Waals surface area contributed by atoms with Crippen molar-refractivity contribution in [3.05, 3.63) is 130 Å². The maximum absolute atomic E-state index is 2.43. The summed E-state index contributed by atoms with van der Waals surface area (Å²) in [5, 5.41) is 8.07. The van der Waals surface area contributed by atoms with Crippen molar-refractivity contribution in [1.29, 1.82) is 0 Å². The van der Waals surface area contributed by atoms with E-state index in [-0.39, 0.29) is 56.9 Å². The van der Waals surface area contributed by atoms with E-state index in [1.807, 2.05) is 0 Å². The van der Waals surface area contributed by atoms with Crippen molar-refractivity contribution in [2.45, 2.75) is 26.7 Å². The fourth-order valence-corrected chi connectivity index (χ4v) is 6.35. The second-order valence-corrected chi connectivity index (χ2v) is 10.1. The molecule has 1 radical (unpaired) electrons. The number of hydrogen-bond donors (Lipinski definition) is 0. The van der Waals surface area contributed by atoms with Crippen molar-refractivity contribution in [2.24, 2.45) is 0 Å². The molecule has 1 atom stereocenters. The van der Waals surface area contributed by atoms with Crippen LogP contribution in [0.15, 0.2) is 103 Å². The van der Waals surface area contributed by atoms with Crippen molar-refractivity contribution in [1.82, 2.24) is 0 Å². The first-order valence-electron chi connectivity index (χ1n) is 12.5. The summed E-state index contributed by atoms with van der Waals surface area (Å²) in [4.78, 5) is 0. The van der Waals surface area contributed by atoms with Gasteiger partial charge in [-0.25, -0.2) is 0 Å². The Labute approximate surface area is 256 Å². The topological polar surface area (TPSA) is 0 Å². The molecule has 0 nitrogen and oxygen atoms in total. The fraction of sp³-hybridized carbons (Fsp3) is 0.114. The van der Waals surface area contributed by atoms with Gasteiger partial charge in [-0.05, 0) is 53.8 Å². The maximum Gasteiger partial charge on any atom is 3.00 e. The zero-order chi connectivity index (χ0) is 23.7. The SMILES string of the molecule is CC1=Cc2c(-c3cccc4ccccc34)cccc2C1c1c(C)ccc2c1[cH-]c1cc(C)ccc12.[Cl-].[Cl-].[Zr+3]. The second kappa shape index (κ2) is 10.9. The minimum absolute atomic E-state index is 0. The molecule has 1 unspecified atom stereocenters.